The molecular formula is C23H23IN2O6S. The number of nitro benzene ring substituents is 1. The number of nitro groups is 1. The highest BCUT2D eigenvalue weighted by atomic mass is 127. The van der Waals surface area contributed by atoms with Crippen LogP contribution in [0.4, 0.5) is 10.5 Å². The molecule has 1 aliphatic rings. The van der Waals surface area contributed by atoms with Crippen molar-refractivity contribution in [2.24, 2.45) is 0 Å². The number of carbonyl (C=O) groups excluding carboxylic acids is 2. The van der Waals surface area contributed by atoms with E-state index in [0.717, 1.165) is 15.3 Å². The number of nitrogens with zero attached hydrogens (tertiary/aromatic N) is 2. The van der Waals surface area contributed by atoms with Crippen molar-refractivity contribution >= 4 is 57.3 Å². The average Bonchev–Trinajstić information content (AvgIpc) is 3.05. The topological polar surface area (TPSA) is 99.0 Å². The smallest absolute Gasteiger partial charge is 0.293 e. The van der Waals surface area contributed by atoms with Crippen molar-refractivity contribution in [1.82, 2.24) is 4.90 Å². The number of benzene rings is 2. The summed E-state index contributed by atoms with van der Waals surface area (Å²) in [7, 11) is 0. The Morgan fingerprint density at radius 3 is 2.64 bits per heavy atom. The molecule has 174 valence electrons. The van der Waals surface area contributed by atoms with E-state index in [2.05, 4.69) is 22.6 Å². The molecule has 1 fully saturated rings. The lowest BCUT2D eigenvalue weighted by molar-refractivity contribution is -0.384. The summed E-state index contributed by atoms with van der Waals surface area (Å²) in [6.45, 7) is 6.16. The van der Waals surface area contributed by atoms with Gasteiger partial charge in [-0.2, -0.15) is 0 Å². The molecule has 10 heteroatoms. The lowest BCUT2D eigenvalue weighted by Gasteiger charge is -2.19. The average molecular weight is 582 g/mol. The normalized spacial score (nSPS) is 15.8. The Hall–Kier alpha value is -2.60. The van der Waals surface area contributed by atoms with Crippen LogP contribution in [0.1, 0.15) is 38.3 Å². The first-order chi connectivity index (χ1) is 15.7. The molecule has 0 radical (unpaired) electrons. The molecule has 0 bridgehead atoms. The number of thioether (sulfide) groups is 1. The number of halogens is 1. The van der Waals surface area contributed by atoms with Crippen LogP contribution in [-0.4, -0.2) is 33.6 Å². The molecule has 0 saturated carbocycles. The highest BCUT2D eigenvalue weighted by Gasteiger charge is 2.37. The minimum Gasteiger partial charge on any atom is -0.490 e. The number of hydrogen-bond donors (Lipinski definition) is 0. The molecule has 0 aromatic heterocycles. The largest absolute Gasteiger partial charge is 0.490 e. The summed E-state index contributed by atoms with van der Waals surface area (Å²) in [5.41, 5.74) is 1.36. The summed E-state index contributed by atoms with van der Waals surface area (Å²) in [6.07, 6.45) is 2.37. The summed E-state index contributed by atoms with van der Waals surface area (Å²) in [4.78, 5) is 37.2. The van der Waals surface area contributed by atoms with E-state index in [1.807, 2.05) is 26.8 Å². The Morgan fingerprint density at radius 1 is 1.21 bits per heavy atom. The van der Waals surface area contributed by atoms with Gasteiger partial charge in [0.1, 0.15) is 6.61 Å². The van der Waals surface area contributed by atoms with Crippen LogP contribution in [0.5, 0.6) is 11.5 Å². The van der Waals surface area contributed by atoms with Crippen molar-refractivity contribution in [3.63, 3.8) is 0 Å². The molecule has 2 amide bonds. The van der Waals surface area contributed by atoms with Crippen LogP contribution in [0.3, 0.4) is 0 Å². The molecule has 2 aromatic rings. The van der Waals surface area contributed by atoms with E-state index in [1.54, 1.807) is 24.3 Å². The second-order valence-corrected chi connectivity index (χ2v) is 9.44. The second kappa shape index (κ2) is 11.0. The minimum absolute atomic E-state index is 0.00230. The maximum Gasteiger partial charge on any atom is 0.293 e. The zero-order valence-electron chi connectivity index (χ0n) is 18.4. The quantitative estimate of drug-likeness (QED) is 0.155. The minimum atomic E-state index is -0.448. The predicted molar refractivity (Wildman–Crippen MR) is 135 cm³/mol. The van der Waals surface area contributed by atoms with E-state index >= 15 is 0 Å². The molecule has 0 spiro atoms. The number of rotatable bonds is 9. The van der Waals surface area contributed by atoms with Gasteiger partial charge in [0.2, 0.25) is 0 Å². The number of imide groups is 1. The van der Waals surface area contributed by atoms with Gasteiger partial charge in [-0.1, -0.05) is 19.1 Å². The van der Waals surface area contributed by atoms with Crippen molar-refractivity contribution < 1.29 is 24.0 Å². The van der Waals surface area contributed by atoms with Gasteiger partial charge in [-0.15, -0.1) is 0 Å². The first kappa shape index (κ1) is 25.0. The van der Waals surface area contributed by atoms with Gasteiger partial charge in [0.25, 0.3) is 16.8 Å². The first-order valence-electron chi connectivity index (χ1n) is 10.3. The summed E-state index contributed by atoms with van der Waals surface area (Å²) < 4.78 is 12.5. The number of non-ortho nitro benzene ring substituents is 1. The van der Waals surface area contributed by atoms with Crippen LogP contribution in [0.15, 0.2) is 41.3 Å². The zero-order chi connectivity index (χ0) is 24.1. The molecule has 1 heterocycles. The van der Waals surface area contributed by atoms with Crippen molar-refractivity contribution in [2.45, 2.75) is 39.8 Å². The third-order valence-electron chi connectivity index (χ3n) is 4.99. The van der Waals surface area contributed by atoms with Crippen LogP contribution < -0.4 is 9.47 Å². The van der Waals surface area contributed by atoms with Gasteiger partial charge >= 0.3 is 0 Å². The Balaban J connectivity index is 1.86. The molecule has 0 unspecified atom stereocenters. The van der Waals surface area contributed by atoms with E-state index in [4.69, 9.17) is 9.47 Å². The molecule has 3 rings (SSSR count). The Bertz CT molecular complexity index is 1120. The van der Waals surface area contributed by atoms with E-state index in [0.29, 0.717) is 40.6 Å². The SMILES string of the molecule is CCOc1cc(/C=C2/SC(=O)N([C@@H](C)CC)C2=O)cc(I)c1OCc1cccc([N+](=O)[O-])c1. The van der Waals surface area contributed by atoms with Crippen LogP contribution in [0.2, 0.25) is 0 Å². The molecule has 8 nitrogen and oxygen atoms in total. The van der Waals surface area contributed by atoms with E-state index in [9.17, 15) is 19.7 Å². The van der Waals surface area contributed by atoms with Gasteiger partial charge in [0.05, 0.1) is 20.0 Å². The molecule has 1 saturated heterocycles. The standard InChI is InChI=1S/C23H23IN2O6S/c1-4-14(3)25-22(27)20(33-23(25)28)12-16-10-18(24)21(19(11-16)31-5-2)32-13-15-7-6-8-17(9-15)26(29)30/h6-12,14H,4-5,13H2,1-3H3/b20-12+/t14-/m0/s1. The maximum absolute atomic E-state index is 12.7. The molecule has 0 aliphatic carbocycles. The van der Waals surface area contributed by atoms with Gasteiger partial charge in [0, 0.05) is 18.2 Å². The second-order valence-electron chi connectivity index (χ2n) is 7.29. The molecule has 0 N–H and O–H groups in total. The van der Waals surface area contributed by atoms with E-state index in [1.165, 1.54) is 17.0 Å². The molecular weight excluding hydrogens is 559 g/mol. The van der Waals surface area contributed by atoms with Crippen LogP contribution in [0.25, 0.3) is 6.08 Å². The van der Waals surface area contributed by atoms with E-state index < -0.39 is 4.92 Å². The van der Waals surface area contributed by atoms with Crippen molar-refractivity contribution in [3.8, 4) is 11.5 Å². The van der Waals surface area contributed by atoms with E-state index in [-0.39, 0.29) is 29.5 Å². The summed E-state index contributed by atoms with van der Waals surface area (Å²) in [6, 6.07) is 9.69. The van der Waals surface area contributed by atoms with Gasteiger partial charge in [-0.25, -0.2) is 0 Å². The van der Waals surface area contributed by atoms with Crippen LogP contribution in [0, 0.1) is 13.7 Å². The van der Waals surface area contributed by atoms with Crippen molar-refractivity contribution in [1.29, 1.82) is 0 Å². The lowest BCUT2D eigenvalue weighted by atomic mass is 10.1. The Morgan fingerprint density at radius 2 is 1.97 bits per heavy atom. The number of carbonyl (C=O) groups is 2. The van der Waals surface area contributed by atoms with Gasteiger partial charge in [-0.3, -0.25) is 24.6 Å². The summed E-state index contributed by atoms with van der Waals surface area (Å²) in [5.74, 6) is 0.703. The zero-order valence-corrected chi connectivity index (χ0v) is 21.3. The molecule has 33 heavy (non-hydrogen) atoms. The Kier molecular flexibility index (Phi) is 8.35. The number of amides is 2. The number of hydrogen-bond acceptors (Lipinski definition) is 7. The lowest BCUT2D eigenvalue weighted by Crippen LogP contribution is -2.36. The fourth-order valence-electron chi connectivity index (χ4n) is 3.18. The molecule has 2 aromatic carbocycles. The fraction of sp³-hybridized carbons (Fsp3) is 0.304. The van der Waals surface area contributed by atoms with Crippen LogP contribution >= 0.6 is 34.4 Å². The highest BCUT2D eigenvalue weighted by Crippen LogP contribution is 2.38. The van der Waals surface area contributed by atoms with Crippen molar-refractivity contribution in [3.05, 3.63) is 66.1 Å². The Labute approximate surface area is 209 Å². The predicted octanol–water partition coefficient (Wildman–Crippen LogP) is 6.01. The molecule has 1 aliphatic heterocycles. The first-order valence-corrected chi connectivity index (χ1v) is 12.2. The van der Waals surface area contributed by atoms with Crippen molar-refractivity contribution in [2.75, 3.05) is 6.61 Å². The summed E-state index contributed by atoms with van der Waals surface area (Å²) >= 11 is 3.05. The fourth-order valence-corrected chi connectivity index (χ4v) is 4.89. The maximum atomic E-state index is 12.7. The monoisotopic (exact) mass is 582 g/mol. The molecule has 1 atom stereocenters. The van der Waals surface area contributed by atoms with Gasteiger partial charge in [0.15, 0.2) is 11.5 Å². The van der Waals surface area contributed by atoms with Crippen LogP contribution in [-0.2, 0) is 11.4 Å². The highest BCUT2D eigenvalue weighted by molar-refractivity contribution is 14.1. The third kappa shape index (κ3) is 5.85. The van der Waals surface area contributed by atoms with Gasteiger partial charge in [-0.05, 0) is 84.0 Å². The third-order valence-corrected chi connectivity index (χ3v) is 6.67. The summed E-state index contributed by atoms with van der Waals surface area (Å²) in [5, 5.41) is 10.7. The number of ether oxygens (including phenoxy) is 2. The van der Waals surface area contributed by atoms with Gasteiger partial charge < -0.3 is 9.47 Å².